The summed E-state index contributed by atoms with van der Waals surface area (Å²) in [6, 6.07) is 0. The molecular formula is C24H41BrN2O5. The first kappa shape index (κ1) is 28.8. The van der Waals surface area contributed by atoms with Gasteiger partial charge in [-0.2, -0.15) is 0 Å². The minimum absolute atomic E-state index is 0.0296. The summed E-state index contributed by atoms with van der Waals surface area (Å²) in [7, 11) is 0. The van der Waals surface area contributed by atoms with Gasteiger partial charge in [-0.15, -0.1) is 0 Å². The molecule has 2 heterocycles. The highest BCUT2D eigenvalue weighted by atomic mass is 79.9. The largest absolute Gasteiger partial charge is 0.481 e. The number of halogens is 1. The predicted octanol–water partition coefficient (Wildman–Crippen LogP) is 4.74. The van der Waals surface area contributed by atoms with Crippen molar-refractivity contribution in [2.45, 2.75) is 79.9 Å². The van der Waals surface area contributed by atoms with Gasteiger partial charge >= 0.3 is 5.97 Å². The van der Waals surface area contributed by atoms with Crippen molar-refractivity contribution in [3.05, 3.63) is 21.4 Å². The van der Waals surface area contributed by atoms with Crippen LogP contribution in [0.4, 0.5) is 5.69 Å². The van der Waals surface area contributed by atoms with E-state index in [4.69, 9.17) is 14.6 Å². The number of nitrogens with zero attached hydrogens (tertiary/aromatic N) is 2. The summed E-state index contributed by atoms with van der Waals surface area (Å²) in [6.45, 7) is 17.5. The van der Waals surface area contributed by atoms with E-state index in [2.05, 4.69) is 39.7 Å². The first-order chi connectivity index (χ1) is 14.7. The number of pyridine rings is 1. The highest BCUT2D eigenvalue weighted by molar-refractivity contribution is 9.10. The summed E-state index contributed by atoms with van der Waals surface area (Å²) >= 11 is 3.69. The molecule has 32 heavy (non-hydrogen) atoms. The molecule has 8 heteroatoms. The number of ether oxygens (including phenoxy) is 2. The molecule has 0 spiro atoms. The van der Waals surface area contributed by atoms with E-state index in [1.54, 1.807) is 20.8 Å². The Bertz CT molecular complexity index is 731. The fourth-order valence-corrected chi connectivity index (χ4v) is 4.01. The lowest BCUT2D eigenvalue weighted by Crippen LogP contribution is -2.38. The molecule has 1 aromatic heterocycles. The quantitative estimate of drug-likeness (QED) is 0.458. The molecule has 1 aliphatic rings. The van der Waals surface area contributed by atoms with Crippen LogP contribution in [-0.4, -0.2) is 59.7 Å². The van der Waals surface area contributed by atoms with Gasteiger partial charge < -0.3 is 24.6 Å². The molecule has 7 nitrogen and oxygen atoms in total. The fraction of sp³-hybridized carbons (Fsp3) is 0.750. The van der Waals surface area contributed by atoms with E-state index in [0.29, 0.717) is 31.8 Å². The molecule has 1 fully saturated rings. The molecule has 1 saturated heterocycles. The molecule has 1 aromatic rings. The van der Waals surface area contributed by atoms with E-state index in [9.17, 15) is 9.90 Å². The van der Waals surface area contributed by atoms with Crippen molar-refractivity contribution in [2.24, 2.45) is 5.41 Å². The van der Waals surface area contributed by atoms with Gasteiger partial charge in [-0.1, -0.05) is 13.8 Å². The molecule has 0 unspecified atom stereocenters. The number of aromatic nitrogens is 1. The highest BCUT2D eigenvalue weighted by Crippen LogP contribution is 2.39. The zero-order chi connectivity index (χ0) is 24.5. The van der Waals surface area contributed by atoms with Crippen molar-refractivity contribution in [3.8, 4) is 0 Å². The van der Waals surface area contributed by atoms with Crippen LogP contribution >= 0.6 is 15.9 Å². The van der Waals surface area contributed by atoms with Crippen LogP contribution in [0, 0.1) is 12.3 Å². The fourth-order valence-electron chi connectivity index (χ4n) is 3.31. The molecule has 2 rings (SSSR count). The van der Waals surface area contributed by atoms with Crippen LogP contribution in [0.3, 0.4) is 0 Å². The van der Waals surface area contributed by atoms with Crippen molar-refractivity contribution < 1.29 is 24.5 Å². The Balaban J connectivity index is 0.000000920. The average Bonchev–Trinajstić information content (AvgIpc) is 2.64. The molecule has 0 bridgehead atoms. The van der Waals surface area contributed by atoms with Crippen LogP contribution in [0.1, 0.15) is 71.3 Å². The van der Waals surface area contributed by atoms with Gasteiger partial charge in [-0.3, -0.25) is 9.78 Å². The third-order valence-corrected chi connectivity index (χ3v) is 5.90. The monoisotopic (exact) mass is 516 g/mol. The van der Waals surface area contributed by atoms with E-state index >= 15 is 0 Å². The van der Waals surface area contributed by atoms with Crippen molar-refractivity contribution in [1.82, 2.24) is 4.98 Å². The van der Waals surface area contributed by atoms with Gasteiger partial charge in [0, 0.05) is 31.0 Å². The van der Waals surface area contributed by atoms with Crippen molar-refractivity contribution in [1.29, 1.82) is 0 Å². The van der Waals surface area contributed by atoms with Gasteiger partial charge in [-0.25, -0.2) is 0 Å². The van der Waals surface area contributed by atoms with Gasteiger partial charge in [-0.05, 0) is 68.8 Å². The number of rotatable bonds is 9. The lowest BCUT2D eigenvalue weighted by molar-refractivity contribution is -0.136. The summed E-state index contributed by atoms with van der Waals surface area (Å²) in [4.78, 5) is 18.4. The first-order valence-corrected chi connectivity index (χ1v) is 12.1. The molecular weight excluding hydrogens is 476 g/mol. The minimum Gasteiger partial charge on any atom is -0.481 e. The van der Waals surface area contributed by atoms with Crippen LogP contribution in [0.5, 0.6) is 0 Å². The number of aryl methyl sites for hydroxylation is 1. The van der Waals surface area contributed by atoms with Gasteiger partial charge in [0.2, 0.25) is 0 Å². The normalized spacial score (nSPS) is 15.8. The number of aliphatic carboxylic acids is 1. The summed E-state index contributed by atoms with van der Waals surface area (Å²) in [5, 5.41) is 17.9. The van der Waals surface area contributed by atoms with Gasteiger partial charge in [0.15, 0.2) is 0 Å². The topological polar surface area (TPSA) is 92.1 Å². The van der Waals surface area contributed by atoms with Crippen molar-refractivity contribution in [2.75, 3.05) is 37.8 Å². The maximum absolute atomic E-state index is 11.4. The molecule has 2 N–H and O–H groups in total. The zero-order valence-corrected chi connectivity index (χ0v) is 22.3. The van der Waals surface area contributed by atoms with Crippen molar-refractivity contribution >= 4 is 27.6 Å². The third kappa shape index (κ3) is 10.6. The molecule has 0 amide bonds. The Morgan fingerprint density at radius 2 is 1.72 bits per heavy atom. The third-order valence-electron chi connectivity index (χ3n) is 5.06. The number of aliphatic hydroxyl groups is 1. The number of carboxylic acids is 1. The lowest BCUT2D eigenvalue weighted by Gasteiger charge is -2.39. The zero-order valence-electron chi connectivity index (χ0n) is 20.8. The highest BCUT2D eigenvalue weighted by Gasteiger charge is 2.29. The minimum atomic E-state index is -0.842. The molecule has 0 aromatic carbocycles. The second kappa shape index (κ2) is 12.9. The molecule has 184 valence electrons. The Labute approximate surface area is 201 Å². The van der Waals surface area contributed by atoms with E-state index in [-0.39, 0.29) is 6.42 Å². The molecule has 0 atom stereocenters. The van der Waals surface area contributed by atoms with Crippen LogP contribution in [-0.2, 0) is 27.3 Å². The summed E-state index contributed by atoms with van der Waals surface area (Å²) in [6.07, 6.45) is 2.12. The maximum Gasteiger partial charge on any atom is 0.307 e. The molecule has 0 radical (unpaired) electrons. The maximum atomic E-state index is 11.4. The number of hydrogen-bond acceptors (Lipinski definition) is 6. The Morgan fingerprint density at radius 1 is 1.19 bits per heavy atom. The Hall–Kier alpha value is -1.22. The second-order valence-electron chi connectivity index (χ2n) is 9.93. The van der Waals surface area contributed by atoms with Gasteiger partial charge in [0.1, 0.15) is 0 Å². The van der Waals surface area contributed by atoms with Gasteiger partial charge in [0.05, 0.1) is 47.7 Å². The number of anilines is 1. The molecule has 1 aliphatic heterocycles. The smallest absolute Gasteiger partial charge is 0.307 e. The van der Waals surface area contributed by atoms with Gasteiger partial charge in [0.25, 0.3) is 0 Å². The van der Waals surface area contributed by atoms with E-state index in [1.165, 1.54) is 0 Å². The SMILES string of the molecule is CC(C)(C)O.CCOCCOCc1nc(C)c(CC(=O)O)c(N2CCC(C)(C)CC2)c1Br. The standard InChI is InChI=1S/C20H31BrN2O4.C4H10O/c1-5-26-10-11-27-13-16-18(21)19(15(12-17(24)25)14(2)22-16)23-8-6-20(3,4)7-9-23;1-4(2,3)5/h5-13H2,1-4H3,(H,24,25);5H,1-3H3. The summed E-state index contributed by atoms with van der Waals surface area (Å²) in [5.74, 6) is -0.842. The number of hydrogen-bond donors (Lipinski definition) is 2. The first-order valence-electron chi connectivity index (χ1n) is 11.3. The van der Waals surface area contributed by atoms with E-state index in [1.807, 2.05) is 13.8 Å². The number of piperidine rings is 1. The summed E-state index contributed by atoms with van der Waals surface area (Å²) < 4.78 is 11.8. The molecule has 0 saturated carbocycles. The average molecular weight is 518 g/mol. The second-order valence-corrected chi connectivity index (χ2v) is 10.7. The summed E-state index contributed by atoms with van der Waals surface area (Å²) in [5.41, 5.74) is 3.13. The number of carbonyl (C=O) groups is 1. The van der Waals surface area contributed by atoms with Crippen LogP contribution in [0.15, 0.2) is 4.47 Å². The molecule has 0 aliphatic carbocycles. The Morgan fingerprint density at radius 3 is 2.22 bits per heavy atom. The van der Waals surface area contributed by atoms with Crippen LogP contribution in [0.2, 0.25) is 0 Å². The van der Waals surface area contributed by atoms with Crippen LogP contribution in [0.25, 0.3) is 0 Å². The predicted molar refractivity (Wildman–Crippen MR) is 131 cm³/mol. The lowest BCUT2D eigenvalue weighted by atomic mass is 9.82. The number of carboxylic acid groups (broad SMARTS) is 1. The van der Waals surface area contributed by atoms with E-state index < -0.39 is 11.6 Å². The van der Waals surface area contributed by atoms with E-state index in [0.717, 1.165) is 53.0 Å². The Kier molecular flexibility index (Phi) is 11.6. The van der Waals surface area contributed by atoms with Crippen molar-refractivity contribution in [3.63, 3.8) is 0 Å². The van der Waals surface area contributed by atoms with Crippen LogP contribution < -0.4 is 4.90 Å².